The van der Waals surface area contributed by atoms with Crippen LogP contribution in [-0.4, -0.2) is 12.6 Å². The molecule has 0 bridgehead atoms. The number of allylic oxidation sites excluding steroid dienone is 3. The molecule has 104 valence electrons. The quantitative estimate of drug-likeness (QED) is 0.283. The molecule has 0 atom stereocenters. The lowest BCUT2D eigenvalue weighted by Crippen LogP contribution is -2.02. The van der Waals surface area contributed by atoms with Gasteiger partial charge in [-0.2, -0.15) is 0 Å². The van der Waals surface area contributed by atoms with Crippen LogP contribution >= 0.6 is 0 Å². The molecular formula is C16H28O2. The van der Waals surface area contributed by atoms with Gasteiger partial charge in [-0.1, -0.05) is 31.1 Å². The van der Waals surface area contributed by atoms with Crippen LogP contribution in [0.1, 0.15) is 64.7 Å². The molecule has 0 rings (SSSR count). The van der Waals surface area contributed by atoms with Crippen molar-refractivity contribution in [2.24, 2.45) is 0 Å². The Morgan fingerprint density at radius 3 is 2.22 bits per heavy atom. The van der Waals surface area contributed by atoms with Crippen molar-refractivity contribution < 1.29 is 9.53 Å². The Bertz CT molecular complexity index is 231. The topological polar surface area (TPSA) is 26.3 Å². The van der Waals surface area contributed by atoms with E-state index in [-0.39, 0.29) is 5.97 Å². The third-order valence-corrected chi connectivity index (χ3v) is 2.75. The van der Waals surface area contributed by atoms with Crippen molar-refractivity contribution in [1.82, 2.24) is 0 Å². The Morgan fingerprint density at radius 1 is 1.00 bits per heavy atom. The summed E-state index contributed by atoms with van der Waals surface area (Å²) in [6.07, 6.45) is 16.3. The molecule has 0 aliphatic rings. The fraction of sp³-hybridized carbons (Fsp3) is 0.688. The molecule has 18 heavy (non-hydrogen) atoms. The molecule has 0 unspecified atom stereocenters. The Labute approximate surface area is 112 Å². The largest absolute Gasteiger partial charge is 0.466 e. The highest BCUT2D eigenvalue weighted by Crippen LogP contribution is 2.07. The van der Waals surface area contributed by atoms with Gasteiger partial charge in [0.1, 0.15) is 0 Å². The van der Waals surface area contributed by atoms with Crippen molar-refractivity contribution in [2.45, 2.75) is 64.7 Å². The minimum atomic E-state index is -0.0758. The summed E-state index contributed by atoms with van der Waals surface area (Å²) < 4.78 is 4.86. The van der Waals surface area contributed by atoms with E-state index in [0.29, 0.717) is 13.0 Å². The van der Waals surface area contributed by atoms with Gasteiger partial charge in [-0.25, -0.2) is 0 Å². The molecule has 0 radical (unpaired) electrons. The summed E-state index contributed by atoms with van der Waals surface area (Å²) in [6, 6.07) is 0. The van der Waals surface area contributed by atoms with Crippen LogP contribution in [0.15, 0.2) is 24.8 Å². The third kappa shape index (κ3) is 13.0. The van der Waals surface area contributed by atoms with E-state index >= 15 is 0 Å². The fourth-order valence-electron chi connectivity index (χ4n) is 1.74. The van der Waals surface area contributed by atoms with E-state index in [1.165, 1.54) is 25.7 Å². The maximum atomic E-state index is 11.1. The molecule has 0 heterocycles. The summed E-state index contributed by atoms with van der Waals surface area (Å²) in [7, 11) is 0. The number of hydrogen-bond acceptors (Lipinski definition) is 2. The zero-order valence-corrected chi connectivity index (χ0v) is 11.8. The first kappa shape index (κ1) is 16.9. The van der Waals surface area contributed by atoms with E-state index in [1.54, 1.807) is 0 Å². The summed E-state index contributed by atoms with van der Waals surface area (Å²) in [5.74, 6) is -0.0758. The predicted octanol–water partition coefficient (Wildman–Crippen LogP) is 4.80. The maximum Gasteiger partial charge on any atom is 0.305 e. The van der Waals surface area contributed by atoms with Crippen LogP contribution in [0.3, 0.4) is 0 Å². The van der Waals surface area contributed by atoms with Gasteiger partial charge >= 0.3 is 5.97 Å². The molecule has 0 saturated heterocycles. The van der Waals surface area contributed by atoms with E-state index < -0.39 is 0 Å². The predicted molar refractivity (Wildman–Crippen MR) is 77.5 cm³/mol. The van der Waals surface area contributed by atoms with Crippen LogP contribution in [0.4, 0.5) is 0 Å². The summed E-state index contributed by atoms with van der Waals surface area (Å²) in [5.41, 5.74) is 0. The lowest BCUT2D eigenvalue weighted by molar-refractivity contribution is -0.143. The number of unbranched alkanes of at least 4 members (excludes halogenated alkanes) is 6. The summed E-state index contributed by atoms with van der Waals surface area (Å²) in [5, 5.41) is 0. The van der Waals surface area contributed by atoms with Gasteiger partial charge in [-0.3, -0.25) is 4.79 Å². The van der Waals surface area contributed by atoms with Gasteiger partial charge in [-0.15, -0.1) is 6.58 Å². The number of rotatable bonds is 12. The van der Waals surface area contributed by atoms with Crippen molar-refractivity contribution in [3.8, 4) is 0 Å². The highest BCUT2D eigenvalue weighted by Gasteiger charge is 1.98. The molecule has 0 aromatic carbocycles. The van der Waals surface area contributed by atoms with Crippen molar-refractivity contribution in [3.05, 3.63) is 24.8 Å². The van der Waals surface area contributed by atoms with Crippen molar-refractivity contribution in [3.63, 3.8) is 0 Å². The minimum Gasteiger partial charge on any atom is -0.466 e. The van der Waals surface area contributed by atoms with E-state index in [9.17, 15) is 4.79 Å². The van der Waals surface area contributed by atoms with Gasteiger partial charge in [0.15, 0.2) is 0 Å². The second-order valence-electron chi connectivity index (χ2n) is 4.45. The van der Waals surface area contributed by atoms with Gasteiger partial charge in [-0.05, 0) is 45.4 Å². The number of carbonyl (C=O) groups is 1. The molecule has 0 aliphatic carbocycles. The molecule has 0 aliphatic heterocycles. The molecular weight excluding hydrogens is 224 g/mol. The highest BCUT2D eigenvalue weighted by molar-refractivity contribution is 5.69. The highest BCUT2D eigenvalue weighted by atomic mass is 16.5. The normalized spacial score (nSPS) is 10.7. The van der Waals surface area contributed by atoms with E-state index in [1.807, 2.05) is 13.0 Å². The Morgan fingerprint density at radius 2 is 1.61 bits per heavy atom. The van der Waals surface area contributed by atoms with Crippen LogP contribution in [0.2, 0.25) is 0 Å². The lowest BCUT2D eigenvalue weighted by Gasteiger charge is -1.99. The first-order valence-electron chi connectivity index (χ1n) is 7.22. The summed E-state index contributed by atoms with van der Waals surface area (Å²) in [4.78, 5) is 11.1. The monoisotopic (exact) mass is 252 g/mol. The Hall–Kier alpha value is -1.05. The number of ether oxygens (including phenoxy) is 1. The second-order valence-corrected chi connectivity index (χ2v) is 4.45. The van der Waals surface area contributed by atoms with E-state index in [0.717, 1.165) is 25.7 Å². The maximum absolute atomic E-state index is 11.1. The zero-order valence-electron chi connectivity index (χ0n) is 11.8. The van der Waals surface area contributed by atoms with Crippen LogP contribution in [0.5, 0.6) is 0 Å². The fourth-order valence-corrected chi connectivity index (χ4v) is 1.74. The van der Waals surface area contributed by atoms with Crippen molar-refractivity contribution >= 4 is 5.97 Å². The second kappa shape index (κ2) is 14.0. The van der Waals surface area contributed by atoms with Crippen LogP contribution in [-0.2, 0) is 9.53 Å². The summed E-state index contributed by atoms with van der Waals surface area (Å²) >= 11 is 0. The molecule has 2 heteroatoms. The van der Waals surface area contributed by atoms with Crippen LogP contribution < -0.4 is 0 Å². The Balaban J connectivity index is 3.18. The SMILES string of the molecule is C=CCCCCCCC=CCCCC(=O)OCC. The van der Waals surface area contributed by atoms with E-state index in [2.05, 4.69) is 18.7 Å². The molecule has 0 saturated carbocycles. The first-order chi connectivity index (χ1) is 8.81. The summed E-state index contributed by atoms with van der Waals surface area (Å²) in [6.45, 7) is 6.04. The Kier molecular flexibility index (Phi) is 13.2. The van der Waals surface area contributed by atoms with Gasteiger partial charge in [0.2, 0.25) is 0 Å². The molecule has 0 fully saturated rings. The molecule has 0 spiro atoms. The number of hydrogen-bond donors (Lipinski definition) is 0. The van der Waals surface area contributed by atoms with Crippen LogP contribution in [0, 0.1) is 0 Å². The molecule has 2 nitrogen and oxygen atoms in total. The standard InChI is InChI=1S/C16H28O2/c1-3-5-6-7-8-9-10-11-12-13-14-15-16(17)18-4-2/h3,11-12H,1,4-10,13-15H2,2H3. The lowest BCUT2D eigenvalue weighted by atomic mass is 10.1. The molecule has 0 aromatic heterocycles. The number of esters is 1. The third-order valence-electron chi connectivity index (χ3n) is 2.75. The van der Waals surface area contributed by atoms with Gasteiger partial charge in [0, 0.05) is 6.42 Å². The molecule has 0 aromatic rings. The molecule has 0 N–H and O–H groups in total. The number of carbonyl (C=O) groups excluding carboxylic acids is 1. The van der Waals surface area contributed by atoms with Crippen molar-refractivity contribution in [2.75, 3.05) is 6.61 Å². The van der Waals surface area contributed by atoms with Crippen LogP contribution in [0.25, 0.3) is 0 Å². The van der Waals surface area contributed by atoms with Gasteiger partial charge in [0.25, 0.3) is 0 Å². The average Bonchev–Trinajstić information content (AvgIpc) is 2.36. The average molecular weight is 252 g/mol. The zero-order chi connectivity index (χ0) is 13.5. The van der Waals surface area contributed by atoms with E-state index in [4.69, 9.17) is 4.74 Å². The first-order valence-corrected chi connectivity index (χ1v) is 7.22. The van der Waals surface area contributed by atoms with Gasteiger partial charge in [0.05, 0.1) is 6.61 Å². The minimum absolute atomic E-state index is 0.0758. The molecule has 0 amide bonds. The smallest absolute Gasteiger partial charge is 0.305 e. The van der Waals surface area contributed by atoms with Crippen molar-refractivity contribution in [1.29, 1.82) is 0 Å². The van der Waals surface area contributed by atoms with Gasteiger partial charge < -0.3 is 4.74 Å².